The van der Waals surface area contributed by atoms with Gasteiger partial charge in [0.15, 0.2) is 5.38 Å². The Bertz CT molecular complexity index is 697. The number of hydrogen-bond acceptors (Lipinski definition) is 5. The minimum atomic E-state index is -0.759. The van der Waals surface area contributed by atoms with Crippen molar-refractivity contribution in [1.82, 2.24) is 10.2 Å². The van der Waals surface area contributed by atoms with Crippen molar-refractivity contribution < 1.29 is 9.53 Å². The van der Waals surface area contributed by atoms with Gasteiger partial charge in [-0.15, -0.1) is 16.7 Å². The molecule has 4 rings (SSSR count). The van der Waals surface area contributed by atoms with Crippen LogP contribution in [0, 0.1) is 0 Å². The first-order valence-electron chi connectivity index (χ1n) is 7.74. The number of hydrogen-bond donors (Lipinski definition) is 1. The van der Waals surface area contributed by atoms with Gasteiger partial charge in [0.05, 0.1) is 11.9 Å². The van der Waals surface area contributed by atoms with E-state index < -0.39 is 11.3 Å². The molecule has 1 N–H and O–H groups in total. The number of ether oxygens (including phenoxy) is 1. The Balaban J connectivity index is 1.56. The average molecular weight is 333 g/mol. The summed E-state index contributed by atoms with van der Waals surface area (Å²) in [4.78, 5) is 13.7. The molecule has 0 aromatic heterocycles. The van der Waals surface area contributed by atoms with Crippen molar-refractivity contribution in [1.29, 1.82) is 0 Å². The summed E-state index contributed by atoms with van der Waals surface area (Å²) in [7, 11) is 0. The number of azo groups is 1. The number of carbonyl (C=O) groups is 1. The first-order chi connectivity index (χ1) is 11.2. The van der Waals surface area contributed by atoms with Crippen molar-refractivity contribution in [3.8, 4) is 5.75 Å². The van der Waals surface area contributed by atoms with Crippen molar-refractivity contribution in [3.63, 3.8) is 0 Å². The predicted octanol–water partition coefficient (Wildman–Crippen LogP) is 2.18. The van der Waals surface area contributed by atoms with E-state index in [0.717, 1.165) is 25.3 Å². The van der Waals surface area contributed by atoms with Crippen molar-refractivity contribution >= 4 is 17.5 Å². The highest BCUT2D eigenvalue weighted by Gasteiger charge is 2.32. The van der Waals surface area contributed by atoms with Gasteiger partial charge in [0.2, 0.25) is 0 Å². The van der Waals surface area contributed by atoms with E-state index in [2.05, 4.69) is 26.5 Å². The van der Waals surface area contributed by atoms with Gasteiger partial charge in [0.1, 0.15) is 11.9 Å². The van der Waals surface area contributed by atoms with Gasteiger partial charge >= 0.3 is 0 Å². The van der Waals surface area contributed by atoms with Gasteiger partial charge in [-0.2, -0.15) is 5.11 Å². The predicted molar refractivity (Wildman–Crippen MR) is 85.2 cm³/mol. The molecule has 120 valence electrons. The molecule has 1 fully saturated rings. The summed E-state index contributed by atoms with van der Waals surface area (Å²) in [6, 6.07) is 6.11. The van der Waals surface area contributed by atoms with Gasteiger partial charge in [0.25, 0.3) is 5.91 Å². The lowest BCUT2D eigenvalue weighted by Crippen LogP contribution is -2.28. The van der Waals surface area contributed by atoms with E-state index >= 15 is 0 Å². The number of alkyl halides is 1. The van der Waals surface area contributed by atoms with Crippen LogP contribution in [-0.2, 0) is 17.9 Å². The number of carbonyl (C=O) groups excluding carboxylic acids is 1. The maximum absolute atomic E-state index is 11.6. The summed E-state index contributed by atoms with van der Waals surface area (Å²) in [6.45, 7) is 3.26. The highest BCUT2D eigenvalue weighted by atomic mass is 35.5. The Morgan fingerprint density at radius 3 is 3.09 bits per heavy atom. The van der Waals surface area contributed by atoms with Crippen LogP contribution in [0.2, 0.25) is 0 Å². The molecule has 6 nitrogen and oxygen atoms in total. The summed E-state index contributed by atoms with van der Waals surface area (Å²) in [5, 5.41) is 9.79. The molecule has 1 saturated heterocycles. The monoisotopic (exact) mass is 332 g/mol. The number of amides is 1. The third-order valence-electron chi connectivity index (χ3n) is 4.44. The zero-order valence-corrected chi connectivity index (χ0v) is 13.3. The molecule has 3 heterocycles. The van der Waals surface area contributed by atoms with Gasteiger partial charge in [0, 0.05) is 25.2 Å². The van der Waals surface area contributed by atoms with Gasteiger partial charge in [-0.25, -0.2) is 0 Å². The highest BCUT2D eigenvalue weighted by molar-refractivity contribution is 6.33. The molecule has 1 aromatic rings. The summed E-state index contributed by atoms with van der Waals surface area (Å²) in [5.41, 5.74) is 3.07. The summed E-state index contributed by atoms with van der Waals surface area (Å²) in [6.07, 6.45) is 2.82. The number of halogens is 1. The number of nitrogens with zero attached hydrogens (tertiary/aromatic N) is 3. The molecule has 0 radical (unpaired) electrons. The Kier molecular flexibility index (Phi) is 3.79. The molecular formula is C16H17ClN4O2. The third-order valence-corrected chi connectivity index (χ3v) is 4.85. The normalized spacial score (nSPS) is 26.4. The van der Waals surface area contributed by atoms with E-state index in [1.165, 1.54) is 11.1 Å². The van der Waals surface area contributed by atoms with Crippen LogP contribution in [0.25, 0.3) is 0 Å². The zero-order valence-electron chi connectivity index (χ0n) is 12.5. The molecule has 3 aliphatic rings. The second-order valence-corrected chi connectivity index (χ2v) is 6.39. The Hall–Kier alpha value is -1.92. The van der Waals surface area contributed by atoms with Crippen LogP contribution in [0.1, 0.15) is 17.5 Å². The van der Waals surface area contributed by atoms with Crippen molar-refractivity contribution in [2.75, 3.05) is 13.1 Å². The first kappa shape index (κ1) is 14.7. The summed E-state index contributed by atoms with van der Waals surface area (Å²) < 4.78 is 6.15. The third kappa shape index (κ3) is 2.72. The van der Waals surface area contributed by atoms with Crippen molar-refractivity contribution in [2.24, 2.45) is 10.2 Å². The quantitative estimate of drug-likeness (QED) is 0.862. The fourth-order valence-corrected chi connectivity index (χ4v) is 3.46. The van der Waals surface area contributed by atoms with Crippen molar-refractivity contribution in [2.45, 2.75) is 31.0 Å². The van der Waals surface area contributed by atoms with Gasteiger partial charge < -0.3 is 15.0 Å². The molecule has 0 saturated carbocycles. The molecule has 3 aliphatic heterocycles. The first-order valence-corrected chi connectivity index (χ1v) is 8.18. The van der Waals surface area contributed by atoms with E-state index in [4.69, 9.17) is 16.3 Å². The number of fused-ring (bicyclic) bond motifs is 1. The second-order valence-electron chi connectivity index (χ2n) is 5.95. The maximum atomic E-state index is 11.6. The smallest absolute Gasteiger partial charge is 0.288 e. The number of nitrogens with one attached hydrogen (secondary N) is 1. The topological polar surface area (TPSA) is 66.3 Å². The molecule has 7 heteroatoms. The van der Waals surface area contributed by atoms with E-state index in [9.17, 15) is 4.79 Å². The Morgan fingerprint density at radius 1 is 1.35 bits per heavy atom. The largest absolute Gasteiger partial charge is 0.489 e. The molecule has 1 amide bonds. The molecule has 2 atom stereocenters. The lowest BCUT2D eigenvalue weighted by molar-refractivity contribution is -0.117. The fraction of sp³-hybridized carbons (Fsp3) is 0.438. The van der Waals surface area contributed by atoms with Crippen LogP contribution in [0.15, 0.2) is 40.3 Å². The molecule has 1 aromatic carbocycles. The summed E-state index contributed by atoms with van der Waals surface area (Å²) in [5.74, 6) is 0.516. The lowest BCUT2D eigenvalue weighted by atomic mass is 10.1. The standard InChI is InChI=1S/C16H17ClN4O2/c17-15-13(7-19-20-16(15)22)21-8-10-2-1-3-14(12(10)9-21)23-11-4-5-18-6-11/h1-3,7,11,15,18H,4-6,8-9H2. The van der Waals surface area contributed by atoms with E-state index in [0.29, 0.717) is 18.8 Å². The highest BCUT2D eigenvalue weighted by Crippen LogP contribution is 2.36. The molecule has 0 spiro atoms. The van der Waals surface area contributed by atoms with Crippen molar-refractivity contribution in [3.05, 3.63) is 41.2 Å². The van der Waals surface area contributed by atoms with Crippen LogP contribution < -0.4 is 10.1 Å². The van der Waals surface area contributed by atoms with Gasteiger partial charge in [-0.1, -0.05) is 12.1 Å². The van der Waals surface area contributed by atoms with E-state index in [1.54, 1.807) is 6.20 Å². The SMILES string of the molecule is O=C1N=NC=C(N2Cc3cccc(OC4CCNC4)c3C2)C1Cl. The van der Waals surface area contributed by atoms with Crippen LogP contribution in [0.3, 0.4) is 0 Å². The summed E-state index contributed by atoms with van der Waals surface area (Å²) >= 11 is 6.18. The fourth-order valence-electron chi connectivity index (χ4n) is 3.22. The minimum Gasteiger partial charge on any atom is -0.489 e. The van der Waals surface area contributed by atoms with Gasteiger partial charge in [-0.3, -0.25) is 4.79 Å². The van der Waals surface area contributed by atoms with E-state index in [-0.39, 0.29) is 6.10 Å². The lowest BCUT2D eigenvalue weighted by Gasteiger charge is -2.24. The molecule has 2 unspecified atom stereocenters. The average Bonchev–Trinajstić information content (AvgIpc) is 3.19. The molecule has 0 aliphatic carbocycles. The molecule has 0 bridgehead atoms. The van der Waals surface area contributed by atoms with E-state index in [1.807, 2.05) is 12.1 Å². The molecule has 23 heavy (non-hydrogen) atoms. The zero-order chi connectivity index (χ0) is 15.8. The Labute approximate surface area is 139 Å². The number of rotatable bonds is 3. The second kappa shape index (κ2) is 5.94. The van der Waals surface area contributed by atoms with Crippen LogP contribution in [-0.4, -0.2) is 35.4 Å². The Morgan fingerprint density at radius 2 is 2.26 bits per heavy atom. The van der Waals surface area contributed by atoms with Crippen LogP contribution in [0.5, 0.6) is 5.75 Å². The number of benzene rings is 1. The molecular weight excluding hydrogens is 316 g/mol. The van der Waals surface area contributed by atoms with Crippen LogP contribution in [0.4, 0.5) is 0 Å². The maximum Gasteiger partial charge on any atom is 0.288 e. The van der Waals surface area contributed by atoms with Gasteiger partial charge in [-0.05, 0) is 24.6 Å². The van der Waals surface area contributed by atoms with Crippen LogP contribution >= 0.6 is 11.6 Å². The minimum absolute atomic E-state index is 0.223.